The van der Waals surface area contributed by atoms with Crippen molar-refractivity contribution in [3.05, 3.63) is 41.4 Å². The normalized spacial score (nSPS) is 8.79. The van der Waals surface area contributed by atoms with Crippen LogP contribution in [0.3, 0.4) is 0 Å². The molecular weight excluding hydrogens is 200 g/mol. The molecule has 0 saturated carbocycles. The maximum absolute atomic E-state index is 8.44. The zero-order valence-corrected chi connectivity index (χ0v) is 7.94. The van der Waals surface area contributed by atoms with Crippen LogP contribution in [0, 0.1) is 5.39 Å². The van der Waals surface area contributed by atoms with Crippen molar-refractivity contribution in [3.63, 3.8) is 0 Å². The number of nitrogens with one attached hydrogen (secondary N) is 1. The van der Waals surface area contributed by atoms with Gasteiger partial charge in [-0.25, -0.2) is 0 Å². The van der Waals surface area contributed by atoms with E-state index in [4.69, 9.17) is 5.39 Å². The van der Waals surface area contributed by atoms with E-state index in [2.05, 4.69) is 15.2 Å². The van der Waals surface area contributed by atoms with Gasteiger partial charge in [0, 0.05) is 10.5 Å². The Kier molecular flexibility index (Phi) is 3.21. The maximum Gasteiger partial charge on any atom is 0.488 e. The Morgan fingerprint density at radius 1 is 1.21 bits per heavy atom. The number of halogens is 1. The largest absolute Gasteiger partial charge is 1.00 e. The van der Waals surface area contributed by atoms with Gasteiger partial charge < -0.3 is 12.4 Å². The summed E-state index contributed by atoms with van der Waals surface area (Å²) in [6.07, 6.45) is 0. The van der Waals surface area contributed by atoms with Crippen LogP contribution in [0.2, 0.25) is 0 Å². The van der Waals surface area contributed by atoms with Crippen LogP contribution in [0.1, 0.15) is 0 Å². The lowest BCUT2D eigenvalue weighted by Gasteiger charge is -1.91. The van der Waals surface area contributed by atoms with E-state index in [0.29, 0.717) is 5.82 Å². The molecule has 1 heterocycles. The minimum Gasteiger partial charge on any atom is -1.00 e. The van der Waals surface area contributed by atoms with Gasteiger partial charge in [-0.15, -0.1) is 0 Å². The van der Waals surface area contributed by atoms with Crippen LogP contribution in [0.25, 0.3) is 16.2 Å². The third-order valence-electron chi connectivity index (χ3n) is 1.75. The molecular formula is C9H7ClN4. The van der Waals surface area contributed by atoms with Crippen molar-refractivity contribution in [1.29, 1.82) is 5.39 Å². The van der Waals surface area contributed by atoms with Crippen LogP contribution >= 0.6 is 0 Å². The molecule has 0 aliphatic carbocycles. The minimum absolute atomic E-state index is 0. The van der Waals surface area contributed by atoms with E-state index in [1.807, 2.05) is 30.3 Å². The van der Waals surface area contributed by atoms with E-state index in [0.717, 1.165) is 11.3 Å². The van der Waals surface area contributed by atoms with Crippen molar-refractivity contribution >= 4 is 5.82 Å². The first kappa shape index (κ1) is 10.2. The van der Waals surface area contributed by atoms with Gasteiger partial charge in [0.05, 0.1) is 22.3 Å². The summed E-state index contributed by atoms with van der Waals surface area (Å²) >= 11 is 0. The predicted molar refractivity (Wildman–Crippen MR) is 48.8 cm³/mol. The lowest BCUT2D eigenvalue weighted by atomic mass is 10.2. The topological polar surface area (TPSA) is 56.8 Å². The molecule has 0 bridgehead atoms. The van der Waals surface area contributed by atoms with Gasteiger partial charge in [-0.3, -0.25) is 0 Å². The molecule has 0 amide bonds. The summed E-state index contributed by atoms with van der Waals surface area (Å²) in [5.74, 6) is 0.291. The molecule has 0 atom stereocenters. The number of diazo groups is 1. The van der Waals surface area contributed by atoms with Crippen LogP contribution in [0.5, 0.6) is 0 Å². The minimum atomic E-state index is 0. The number of hydrogen-bond donors (Lipinski definition) is 1. The summed E-state index contributed by atoms with van der Waals surface area (Å²) in [4.78, 5) is 2.97. The fourth-order valence-electron chi connectivity index (χ4n) is 1.13. The molecule has 4 nitrogen and oxygen atoms in total. The number of benzene rings is 1. The van der Waals surface area contributed by atoms with Gasteiger partial charge in [-0.1, -0.05) is 30.3 Å². The van der Waals surface area contributed by atoms with E-state index in [9.17, 15) is 0 Å². The van der Waals surface area contributed by atoms with Crippen LogP contribution in [0.15, 0.2) is 36.4 Å². The van der Waals surface area contributed by atoms with E-state index in [-0.39, 0.29) is 12.4 Å². The second-order valence-corrected chi connectivity index (χ2v) is 2.61. The van der Waals surface area contributed by atoms with Crippen molar-refractivity contribution < 1.29 is 12.4 Å². The van der Waals surface area contributed by atoms with E-state index >= 15 is 0 Å². The first-order chi connectivity index (χ1) is 6.40. The summed E-state index contributed by atoms with van der Waals surface area (Å²) in [6, 6.07) is 11.4. The summed E-state index contributed by atoms with van der Waals surface area (Å²) in [5.41, 5.74) is 1.86. The lowest BCUT2D eigenvalue weighted by Crippen LogP contribution is -3.00. The molecule has 1 aromatic heterocycles. The molecule has 2 aromatic rings. The number of H-pyrrole nitrogens is 1. The van der Waals surface area contributed by atoms with Crippen LogP contribution in [-0.4, -0.2) is 10.2 Å². The van der Waals surface area contributed by atoms with Gasteiger partial charge in [0.2, 0.25) is 0 Å². The van der Waals surface area contributed by atoms with Crippen molar-refractivity contribution in [1.82, 2.24) is 10.2 Å². The van der Waals surface area contributed by atoms with Gasteiger partial charge in [0.1, 0.15) is 0 Å². The number of nitrogens with zero attached hydrogens (tertiary/aromatic N) is 3. The average Bonchev–Trinajstić information content (AvgIpc) is 2.67. The van der Waals surface area contributed by atoms with Gasteiger partial charge in [0.25, 0.3) is 0 Å². The highest BCUT2D eigenvalue weighted by atomic mass is 35.5. The Morgan fingerprint density at radius 3 is 2.50 bits per heavy atom. The summed E-state index contributed by atoms with van der Waals surface area (Å²) < 4.78 is 0. The Morgan fingerprint density at radius 2 is 1.93 bits per heavy atom. The van der Waals surface area contributed by atoms with Gasteiger partial charge >= 0.3 is 5.82 Å². The molecule has 0 radical (unpaired) electrons. The average molecular weight is 207 g/mol. The van der Waals surface area contributed by atoms with Gasteiger partial charge in [-0.2, -0.15) is 5.10 Å². The molecule has 14 heavy (non-hydrogen) atoms. The highest BCUT2D eigenvalue weighted by molar-refractivity contribution is 5.62. The summed E-state index contributed by atoms with van der Waals surface area (Å²) in [6.45, 7) is 0. The number of rotatable bonds is 1. The molecule has 5 heteroatoms. The fraction of sp³-hybridized carbons (Fsp3) is 0. The van der Waals surface area contributed by atoms with E-state index in [1.165, 1.54) is 0 Å². The van der Waals surface area contributed by atoms with Crippen molar-refractivity contribution in [2.75, 3.05) is 0 Å². The smallest absolute Gasteiger partial charge is 0.488 e. The summed E-state index contributed by atoms with van der Waals surface area (Å²) in [5, 5.41) is 15.0. The van der Waals surface area contributed by atoms with E-state index < -0.39 is 0 Å². The molecule has 0 saturated heterocycles. The molecule has 0 spiro atoms. The molecule has 1 N–H and O–H groups in total. The third kappa shape index (κ3) is 1.90. The highest BCUT2D eigenvalue weighted by Crippen LogP contribution is 2.20. The number of aromatic nitrogens is 2. The number of hydrogen-bond acceptors (Lipinski definition) is 2. The second-order valence-electron chi connectivity index (χ2n) is 2.61. The third-order valence-corrected chi connectivity index (χ3v) is 1.75. The van der Waals surface area contributed by atoms with Crippen molar-refractivity contribution in [2.45, 2.75) is 0 Å². The highest BCUT2D eigenvalue weighted by Gasteiger charge is 2.11. The fourth-order valence-corrected chi connectivity index (χ4v) is 1.13. The molecule has 0 fully saturated rings. The molecule has 1 aromatic carbocycles. The first-order valence-electron chi connectivity index (χ1n) is 3.86. The monoisotopic (exact) mass is 206 g/mol. The van der Waals surface area contributed by atoms with Crippen molar-refractivity contribution in [2.24, 2.45) is 0 Å². The molecule has 0 unspecified atom stereocenters. The zero-order valence-electron chi connectivity index (χ0n) is 7.18. The molecule has 70 valence electrons. The molecule has 0 aliphatic rings. The van der Waals surface area contributed by atoms with Crippen LogP contribution in [0.4, 0.5) is 5.82 Å². The number of aromatic amines is 1. The molecule has 0 aliphatic heterocycles. The van der Waals surface area contributed by atoms with Crippen LogP contribution in [-0.2, 0) is 0 Å². The Hall–Kier alpha value is -1.86. The zero-order chi connectivity index (χ0) is 9.10. The lowest BCUT2D eigenvalue weighted by molar-refractivity contribution is -0.00000292. The predicted octanol–water partition coefficient (Wildman–Crippen LogP) is -0.435. The molecule has 2 rings (SSSR count). The van der Waals surface area contributed by atoms with Gasteiger partial charge in [0.15, 0.2) is 0 Å². The standard InChI is InChI=1S/C9H7N4.ClH/c10-11-9-6-8(12-13-9)7-4-2-1-3-5-7;/h1-6H,(H,12,13);1H/q+1;/p-1. The second kappa shape index (κ2) is 4.40. The summed E-state index contributed by atoms with van der Waals surface area (Å²) in [7, 11) is 0. The Labute approximate surface area is 87.0 Å². The van der Waals surface area contributed by atoms with E-state index in [1.54, 1.807) is 6.07 Å². The Balaban J connectivity index is 0.000000980. The Bertz CT molecular complexity index is 443. The quantitative estimate of drug-likeness (QED) is 0.644. The van der Waals surface area contributed by atoms with Crippen LogP contribution < -0.4 is 12.4 Å². The SMILES string of the molecule is N#[N+]c1cc(-c2ccccc2)[nH]n1.[Cl-]. The maximum atomic E-state index is 8.44. The van der Waals surface area contributed by atoms with Gasteiger partial charge in [-0.05, 0) is 0 Å². The van der Waals surface area contributed by atoms with Crippen molar-refractivity contribution in [3.8, 4) is 11.3 Å². The first-order valence-corrected chi connectivity index (χ1v) is 3.86.